The summed E-state index contributed by atoms with van der Waals surface area (Å²) in [7, 11) is 1.84. The van der Waals surface area contributed by atoms with Gasteiger partial charge >= 0.3 is 0 Å². The molecule has 1 heterocycles. The monoisotopic (exact) mass is 459 g/mol. The highest BCUT2D eigenvalue weighted by Crippen LogP contribution is 2.35. The molecule has 4 rings (SSSR count). The molecule has 3 aromatic carbocycles. The van der Waals surface area contributed by atoms with Gasteiger partial charge in [-0.1, -0.05) is 60.7 Å². The molecule has 6 heteroatoms. The molecule has 0 aliphatic rings. The van der Waals surface area contributed by atoms with Crippen molar-refractivity contribution in [3.8, 4) is 22.9 Å². The zero-order chi connectivity index (χ0) is 24.1. The van der Waals surface area contributed by atoms with E-state index in [1.807, 2.05) is 67.7 Å². The van der Waals surface area contributed by atoms with Crippen LogP contribution in [-0.4, -0.2) is 32.4 Å². The van der Waals surface area contributed by atoms with Gasteiger partial charge in [-0.2, -0.15) is 5.10 Å². The normalized spacial score (nSPS) is 12.3. The lowest BCUT2D eigenvalue weighted by atomic mass is 10.1. The number of aliphatic hydroxyl groups excluding tert-OH is 1. The van der Waals surface area contributed by atoms with E-state index in [9.17, 15) is 9.50 Å². The summed E-state index contributed by atoms with van der Waals surface area (Å²) in [5.41, 5.74) is 3.59. The Morgan fingerprint density at radius 2 is 1.56 bits per heavy atom. The highest BCUT2D eigenvalue weighted by molar-refractivity contribution is 5.65. The smallest absolute Gasteiger partial charge is 0.222 e. The number of nitrogens with zero attached hydrogens (tertiary/aromatic N) is 3. The van der Waals surface area contributed by atoms with Crippen LogP contribution in [0.15, 0.2) is 84.9 Å². The first-order chi connectivity index (χ1) is 16.4. The molecule has 5 nitrogen and oxygen atoms in total. The lowest BCUT2D eigenvalue weighted by Crippen LogP contribution is -2.34. The number of aryl methyl sites for hydroxylation is 1. The predicted octanol–water partition coefficient (Wildman–Crippen LogP) is 5.96. The number of hydrogen-bond donors (Lipinski definition) is 1. The Morgan fingerprint density at radius 3 is 2.18 bits per heavy atom. The maximum absolute atomic E-state index is 13.4. The topological polar surface area (TPSA) is 50.5 Å². The van der Waals surface area contributed by atoms with Crippen molar-refractivity contribution >= 4 is 0 Å². The van der Waals surface area contributed by atoms with Gasteiger partial charge in [0, 0.05) is 31.7 Å². The summed E-state index contributed by atoms with van der Waals surface area (Å²) in [6.45, 7) is 5.20. The Hall–Kier alpha value is -3.48. The second-order valence-corrected chi connectivity index (χ2v) is 8.63. The largest absolute Gasteiger partial charge is 0.439 e. The number of rotatable bonds is 9. The van der Waals surface area contributed by atoms with E-state index >= 15 is 0 Å². The molecule has 0 fully saturated rings. The average Bonchev–Trinajstić information content (AvgIpc) is 3.15. The first kappa shape index (κ1) is 23.7. The van der Waals surface area contributed by atoms with Crippen molar-refractivity contribution in [3.05, 3.63) is 102 Å². The van der Waals surface area contributed by atoms with Gasteiger partial charge in [-0.15, -0.1) is 0 Å². The third-order valence-electron chi connectivity index (χ3n) is 5.85. The molecule has 0 amide bonds. The third kappa shape index (κ3) is 5.53. The Balaban J connectivity index is 1.70. The fourth-order valence-electron chi connectivity index (χ4n) is 3.93. The molecule has 1 atom stereocenters. The van der Waals surface area contributed by atoms with Gasteiger partial charge in [-0.25, -0.2) is 9.07 Å². The molecule has 0 bridgehead atoms. The van der Waals surface area contributed by atoms with Crippen molar-refractivity contribution in [2.75, 3.05) is 6.54 Å². The van der Waals surface area contributed by atoms with Crippen LogP contribution in [0.2, 0.25) is 0 Å². The van der Waals surface area contributed by atoms with Crippen LogP contribution in [0.3, 0.4) is 0 Å². The van der Waals surface area contributed by atoms with E-state index in [1.54, 1.807) is 16.8 Å². The summed E-state index contributed by atoms with van der Waals surface area (Å²) < 4.78 is 21.4. The van der Waals surface area contributed by atoms with Crippen molar-refractivity contribution in [1.82, 2.24) is 14.7 Å². The fourth-order valence-corrected chi connectivity index (χ4v) is 3.93. The van der Waals surface area contributed by atoms with Crippen LogP contribution >= 0.6 is 0 Å². The van der Waals surface area contributed by atoms with Crippen molar-refractivity contribution in [2.24, 2.45) is 7.05 Å². The summed E-state index contributed by atoms with van der Waals surface area (Å²) in [4.78, 5) is 2.21. The summed E-state index contributed by atoms with van der Waals surface area (Å²) in [6, 6.07) is 25.8. The quantitative estimate of drug-likeness (QED) is 0.335. The van der Waals surface area contributed by atoms with E-state index in [0.717, 1.165) is 22.4 Å². The van der Waals surface area contributed by atoms with Gasteiger partial charge in [0.1, 0.15) is 17.3 Å². The molecule has 0 saturated carbocycles. The Kier molecular flexibility index (Phi) is 7.40. The highest BCUT2D eigenvalue weighted by atomic mass is 19.1. The molecule has 4 aromatic rings. The van der Waals surface area contributed by atoms with Gasteiger partial charge in [-0.05, 0) is 43.7 Å². The minimum atomic E-state index is -0.623. The molecule has 0 aliphatic carbocycles. The van der Waals surface area contributed by atoms with E-state index in [4.69, 9.17) is 9.84 Å². The number of benzene rings is 3. The fraction of sp³-hybridized carbons (Fsp3) is 0.250. The second kappa shape index (κ2) is 10.6. The Morgan fingerprint density at radius 1 is 0.941 bits per heavy atom. The molecule has 0 radical (unpaired) electrons. The van der Waals surface area contributed by atoms with Crippen molar-refractivity contribution in [2.45, 2.75) is 32.5 Å². The van der Waals surface area contributed by atoms with E-state index in [1.165, 1.54) is 12.1 Å². The minimum absolute atomic E-state index is 0.167. The standard InChI is InChI=1S/C28H30FN3O2/c1-20(2)32(19-26(33)21-10-6-4-7-11-21)18-25-27(22-12-8-5-9-13-22)30-31(3)28(25)34-24-16-14-23(29)15-17-24/h4-17,20,26,33H,18-19H2,1-3H3/t26-/m0/s1. The van der Waals surface area contributed by atoms with Crippen LogP contribution in [0.25, 0.3) is 11.3 Å². The second-order valence-electron chi connectivity index (χ2n) is 8.63. The summed E-state index contributed by atoms with van der Waals surface area (Å²) in [5.74, 6) is 0.805. The SMILES string of the molecule is CC(C)N(Cc1c(-c2ccccc2)nn(C)c1Oc1ccc(F)cc1)C[C@H](O)c1ccccc1. The molecule has 34 heavy (non-hydrogen) atoms. The Bertz CT molecular complexity index is 1190. The van der Waals surface area contributed by atoms with Gasteiger partial charge in [0.05, 0.1) is 11.7 Å². The summed E-state index contributed by atoms with van der Waals surface area (Å²) >= 11 is 0. The lowest BCUT2D eigenvalue weighted by Gasteiger charge is -2.29. The van der Waals surface area contributed by atoms with Crippen LogP contribution in [-0.2, 0) is 13.6 Å². The molecule has 0 unspecified atom stereocenters. The number of aromatic nitrogens is 2. The first-order valence-electron chi connectivity index (χ1n) is 11.4. The first-order valence-corrected chi connectivity index (χ1v) is 11.4. The molecule has 0 spiro atoms. The van der Waals surface area contributed by atoms with E-state index in [0.29, 0.717) is 24.7 Å². The van der Waals surface area contributed by atoms with Crippen LogP contribution in [0, 0.1) is 5.82 Å². The van der Waals surface area contributed by atoms with Crippen molar-refractivity contribution in [3.63, 3.8) is 0 Å². The van der Waals surface area contributed by atoms with Crippen molar-refractivity contribution < 1.29 is 14.2 Å². The van der Waals surface area contributed by atoms with Crippen LogP contribution < -0.4 is 4.74 Å². The summed E-state index contributed by atoms with van der Waals surface area (Å²) in [5, 5.41) is 15.7. The molecular weight excluding hydrogens is 429 g/mol. The van der Waals surface area contributed by atoms with Crippen molar-refractivity contribution in [1.29, 1.82) is 0 Å². The number of halogens is 1. The molecule has 1 aromatic heterocycles. The zero-order valence-electron chi connectivity index (χ0n) is 19.7. The number of aliphatic hydroxyl groups is 1. The molecule has 1 N–H and O–H groups in total. The van der Waals surface area contributed by atoms with Gasteiger partial charge < -0.3 is 9.84 Å². The van der Waals surface area contributed by atoms with Gasteiger partial charge in [-0.3, -0.25) is 4.90 Å². The molecular formula is C28H30FN3O2. The van der Waals surface area contributed by atoms with E-state index < -0.39 is 6.10 Å². The molecule has 0 saturated heterocycles. The number of ether oxygens (including phenoxy) is 1. The summed E-state index contributed by atoms with van der Waals surface area (Å²) in [6.07, 6.45) is -0.623. The predicted molar refractivity (Wildman–Crippen MR) is 132 cm³/mol. The molecule has 0 aliphatic heterocycles. The average molecular weight is 460 g/mol. The maximum Gasteiger partial charge on any atom is 0.222 e. The number of hydrogen-bond acceptors (Lipinski definition) is 4. The third-order valence-corrected chi connectivity index (χ3v) is 5.85. The van der Waals surface area contributed by atoms with E-state index in [2.05, 4.69) is 18.7 Å². The van der Waals surface area contributed by atoms with Gasteiger partial charge in [0.25, 0.3) is 0 Å². The lowest BCUT2D eigenvalue weighted by molar-refractivity contribution is 0.0904. The highest BCUT2D eigenvalue weighted by Gasteiger charge is 2.25. The van der Waals surface area contributed by atoms with Crippen LogP contribution in [0.4, 0.5) is 4.39 Å². The maximum atomic E-state index is 13.4. The van der Waals surface area contributed by atoms with Crippen LogP contribution in [0.5, 0.6) is 11.6 Å². The van der Waals surface area contributed by atoms with Crippen LogP contribution in [0.1, 0.15) is 31.1 Å². The van der Waals surface area contributed by atoms with Gasteiger partial charge in [0.15, 0.2) is 0 Å². The zero-order valence-corrected chi connectivity index (χ0v) is 19.7. The van der Waals surface area contributed by atoms with Gasteiger partial charge in [0.2, 0.25) is 5.88 Å². The van der Waals surface area contributed by atoms with E-state index in [-0.39, 0.29) is 11.9 Å². The minimum Gasteiger partial charge on any atom is -0.439 e. The Labute approximate surface area is 200 Å². The molecule has 176 valence electrons.